The van der Waals surface area contributed by atoms with Crippen molar-refractivity contribution >= 4 is 27.3 Å². The van der Waals surface area contributed by atoms with Gasteiger partial charge in [-0.25, -0.2) is 4.98 Å². The number of carbonyl (C=O) groups excluding carboxylic acids is 1. The van der Waals surface area contributed by atoms with Crippen molar-refractivity contribution in [2.45, 2.75) is 26.7 Å². The van der Waals surface area contributed by atoms with E-state index >= 15 is 0 Å². The molecule has 4 nitrogen and oxygen atoms in total. The molecule has 0 aliphatic heterocycles. The summed E-state index contributed by atoms with van der Waals surface area (Å²) in [6.07, 6.45) is 2.07. The molecule has 19 heavy (non-hydrogen) atoms. The first kappa shape index (κ1) is 13.8. The fourth-order valence-corrected chi connectivity index (χ4v) is 2.59. The minimum atomic E-state index is -0.0281. The van der Waals surface area contributed by atoms with E-state index in [1.165, 1.54) is 18.3 Å². The van der Waals surface area contributed by atoms with E-state index < -0.39 is 0 Å². The van der Waals surface area contributed by atoms with Gasteiger partial charge >= 0.3 is 0 Å². The molecule has 1 aromatic heterocycles. The van der Waals surface area contributed by atoms with Gasteiger partial charge in [-0.15, -0.1) is 11.3 Å². The Hall–Kier alpha value is -1.62. The number of carbonyl (C=O) groups is 1. The fraction of sp³-hybridized carbons (Fsp3) is 0.429. The van der Waals surface area contributed by atoms with E-state index in [-0.39, 0.29) is 5.78 Å². The van der Waals surface area contributed by atoms with Crippen LogP contribution in [0.2, 0.25) is 0 Å². The van der Waals surface area contributed by atoms with Gasteiger partial charge in [0.15, 0.2) is 10.8 Å². The number of ketones is 1. The van der Waals surface area contributed by atoms with Gasteiger partial charge in [-0.1, -0.05) is 13.3 Å². The van der Waals surface area contributed by atoms with Gasteiger partial charge in [0.05, 0.1) is 23.9 Å². The Morgan fingerprint density at radius 3 is 2.84 bits per heavy atom. The Morgan fingerprint density at radius 1 is 1.42 bits per heavy atom. The monoisotopic (exact) mass is 279 g/mol. The molecule has 0 saturated carbocycles. The van der Waals surface area contributed by atoms with Crippen molar-refractivity contribution < 1.29 is 14.3 Å². The maximum absolute atomic E-state index is 11.4. The SMILES string of the molecule is CCCCOc1cc(OC)cc2nc(C(C)=O)sc12. The highest BCUT2D eigenvalue weighted by Gasteiger charge is 2.14. The van der Waals surface area contributed by atoms with Gasteiger partial charge in [0.2, 0.25) is 0 Å². The highest BCUT2D eigenvalue weighted by atomic mass is 32.1. The summed E-state index contributed by atoms with van der Waals surface area (Å²) in [7, 11) is 1.61. The first-order valence-electron chi connectivity index (χ1n) is 6.28. The quantitative estimate of drug-likeness (QED) is 0.597. The van der Waals surface area contributed by atoms with Crippen LogP contribution < -0.4 is 9.47 Å². The van der Waals surface area contributed by atoms with E-state index in [9.17, 15) is 4.79 Å². The summed E-state index contributed by atoms with van der Waals surface area (Å²) in [5, 5.41) is 0.503. The van der Waals surface area contributed by atoms with E-state index in [1.54, 1.807) is 7.11 Å². The number of unbranched alkanes of at least 4 members (excludes halogenated alkanes) is 1. The average Bonchev–Trinajstić information content (AvgIpc) is 2.83. The van der Waals surface area contributed by atoms with E-state index in [0.29, 0.717) is 17.4 Å². The molecule has 2 aromatic rings. The Morgan fingerprint density at radius 2 is 2.21 bits per heavy atom. The molecule has 0 amide bonds. The van der Waals surface area contributed by atoms with E-state index in [0.717, 1.165) is 28.8 Å². The second-order valence-electron chi connectivity index (χ2n) is 4.25. The van der Waals surface area contributed by atoms with Crippen LogP contribution in [0.15, 0.2) is 12.1 Å². The van der Waals surface area contributed by atoms with E-state index in [4.69, 9.17) is 9.47 Å². The van der Waals surface area contributed by atoms with Gasteiger partial charge in [0, 0.05) is 19.1 Å². The number of hydrogen-bond donors (Lipinski definition) is 0. The van der Waals surface area contributed by atoms with Crippen molar-refractivity contribution in [1.82, 2.24) is 4.98 Å². The summed E-state index contributed by atoms with van der Waals surface area (Å²) < 4.78 is 11.9. The molecule has 5 heteroatoms. The number of thiazole rings is 1. The molecule has 1 aromatic carbocycles. The second-order valence-corrected chi connectivity index (χ2v) is 5.25. The number of fused-ring (bicyclic) bond motifs is 1. The summed E-state index contributed by atoms with van der Waals surface area (Å²) in [5.74, 6) is 1.41. The Balaban J connectivity index is 2.43. The highest BCUT2D eigenvalue weighted by Crippen LogP contribution is 2.35. The van der Waals surface area contributed by atoms with E-state index in [1.807, 2.05) is 12.1 Å². The van der Waals surface area contributed by atoms with Gasteiger partial charge in [-0.2, -0.15) is 0 Å². The summed E-state index contributed by atoms with van der Waals surface area (Å²) in [6.45, 7) is 4.30. The number of hydrogen-bond acceptors (Lipinski definition) is 5. The normalized spacial score (nSPS) is 10.7. The molecule has 1 heterocycles. The zero-order valence-corrected chi connectivity index (χ0v) is 12.2. The van der Waals surface area contributed by atoms with Gasteiger partial charge in [0.1, 0.15) is 11.5 Å². The minimum Gasteiger partial charge on any atom is -0.497 e. The van der Waals surface area contributed by atoms with Gasteiger partial charge in [0.25, 0.3) is 0 Å². The summed E-state index contributed by atoms with van der Waals surface area (Å²) in [4.78, 5) is 15.7. The maximum Gasteiger partial charge on any atom is 0.188 e. The summed E-state index contributed by atoms with van der Waals surface area (Å²) in [5.41, 5.74) is 0.751. The molecule has 0 bridgehead atoms. The van der Waals surface area contributed by atoms with Crippen molar-refractivity contribution in [3.05, 3.63) is 17.1 Å². The fourth-order valence-electron chi connectivity index (χ4n) is 1.68. The standard InChI is InChI=1S/C14H17NO3S/c1-4-5-6-18-12-8-10(17-3)7-11-13(12)19-14(15-11)9(2)16/h7-8H,4-6H2,1-3H3. The molecule has 0 aliphatic rings. The third-order valence-electron chi connectivity index (χ3n) is 2.72. The lowest BCUT2D eigenvalue weighted by molar-refractivity contribution is 0.101. The van der Waals surface area contributed by atoms with Crippen LogP contribution in [0.1, 0.15) is 36.5 Å². The number of methoxy groups -OCH3 is 1. The van der Waals surface area contributed by atoms with Gasteiger partial charge in [-0.3, -0.25) is 4.79 Å². The molecule has 0 saturated heterocycles. The third kappa shape index (κ3) is 3.04. The van der Waals surface area contributed by atoms with Crippen LogP contribution in [-0.2, 0) is 0 Å². The van der Waals surface area contributed by atoms with Crippen LogP contribution >= 0.6 is 11.3 Å². The van der Waals surface area contributed by atoms with Crippen LogP contribution in [0.3, 0.4) is 0 Å². The predicted molar refractivity (Wildman–Crippen MR) is 76.6 cm³/mol. The Labute approximate surface area is 116 Å². The van der Waals surface area contributed by atoms with Crippen LogP contribution in [0.4, 0.5) is 0 Å². The molecule has 0 unspecified atom stereocenters. The van der Waals surface area contributed by atoms with Crippen LogP contribution in [0.5, 0.6) is 11.5 Å². The highest BCUT2D eigenvalue weighted by molar-refractivity contribution is 7.20. The number of rotatable bonds is 6. The van der Waals surface area contributed by atoms with Crippen molar-refractivity contribution in [2.24, 2.45) is 0 Å². The molecular weight excluding hydrogens is 262 g/mol. The van der Waals surface area contributed by atoms with Crippen molar-refractivity contribution in [1.29, 1.82) is 0 Å². The number of benzene rings is 1. The topological polar surface area (TPSA) is 48.4 Å². The molecule has 0 radical (unpaired) electrons. The minimum absolute atomic E-state index is 0.0281. The van der Waals surface area contributed by atoms with Crippen LogP contribution in [-0.4, -0.2) is 24.5 Å². The third-order valence-corrected chi connectivity index (χ3v) is 3.91. The lowest BCUT2D eigenvalue weighted by Gasteiger charge is -2.08. The lowest BCUT2D eigenvalue weighted by Crippen LogP contribution is -1.97. The van der Waals surface area contributed by atoms with E-state index in [2.05, 4.69) is 11.9 Å². The predicted octanol–water partition coefficient (Wildman–Crippen LogP) is 3.69. The molecule has 0 fully saturated rings. The zero-order chi connectivity index (χ0) is 13.8. The molecule has 102 valence electrons. The van der Waals surface area contributed by atoms with Crippen molar-refractivity contribution in [2.75, 3.05) is 13.7 Å². The zero-order valence-electron chi connectivity index (χ0n) is 11.4. The smallest absolute Gasteiger partial charge is 0.188 e. The first-order chi connectivity index (χ1) is 9.15. The average molecular weight is 279 g/mol. The van der Waals surface area contributed by atoms with Crippen molar-refractivity contribution in [3.63, 3.8) is 0 Å². The largest absolute Gasteiger partial charge is 0.497 e. The molecular formula is C14H17NO3S. The number of nitrogens with zero attached hydrogens (tertiary/aromatic N) is 1. The summed E-state index contributed by atoms with van der Waals surface area (Å²) in [6, 6.07) is 3.67. The van der Waals surface area contributed by atoms with Crippen LogP contribution in [0, 0.1) is 0 Å². The first-order valence-corrected chi connectivity index (χ1v) is 7.09. The molecule has 0 N–H and O–H groups in total. The maximum atomic E-state index is 11.4. The van der Waals surface area contributed by atoms with Gasteiger partial charge < -0.3 is 9.47 Å². The van der Waals surface area contributed by atoms with Crippen LogP contribution in [0.25, 0.3) is 10.2 Å². The molecule has 2 rings (SSSR count). The van der Waals surface area contributed by atoms with Crippen molar-refractivity contribution in [3.8, 4) is 11.5 Å². The number of ether oxygens (including phenoxy) is 2. The molecule has 0 spiro atoms. The lowest BCUT2D eigenvalue weighted by atomic mass is 10.3. The summed E-state index contributed by atoms with van der Waals surface area (Å²) >= 11 is 1.37. The number of Topliss-reactive ketones (excluding diaryl/α,β-unsaturated/α-hetero) is 1. The molecule has 0 aliphatic carbocycles. The second kappa shape index (κ2) is 6.02. The Kier molecular flexibility index (Phi) is 4.37. The molecule has 0 atom stereocenters. The number of aromatic nitrogens is 1. The van der Waals surface area contributed by atoms with Gasteiger partial charge in [-0.05, 0) is 6.42 Å². The Bertz CT molecular complexity index is 592.